The van der Waals surface area contributed by atoms with E-state index in [4.69, 9.17) is 5.73 Å². The monoisotopic (exact) mass is 299 g/mol. The molecule has 0 radical (unpaired) electrons. The first-order chi connectivity index (χ1) is 11.3. The van der Waals surface area contributed by atoms with E-state index in [9.17, 15) is 10.5 Å². The van der Waals surface area contributed by atoms with E-state index in [1.165, 1.54) is 5.01 Å². The van der Waals surface area contributed by atoms with E-state index in [1.54, 1.807) is 0 Å². The van der Waals surface area contributed by atoms with Crippen molar-refractivity contribution >= 4 is 11.4 Å². The molecular formula is C18H13N5. The van der Waals surface area contributed by atoms with Crippen molar-refractivity contribution in [3.63, 3.8) is 0 Å². The van der Waals surface area contributed by atoms with Gasteiger partial charge in [0.1, 0.15) is 11.9 Å². The minimum Gasteiger partial charge on any atom is -0.383 e. The summed E-state index contributed by atoms with van der Waals surface area (Å²) in [6.07, 6.45) is 0. The Kier molecular flexibility index (Phi) is 3.78. The lowest BCUT2D eigenvalue weighted by Crippen LogP contribution is -2.33. The number of rotatable bonds is 2. The zero-order valence-electron chi connectivity index (χ0n) is 12.2. The minimum atomic E-state index is -0.536. The van der Waals surface area contributed by atoms with Gasteiger partial charge < -0.3 is 5.73 Å². The standard InChI is InChI=1S/C18H13N5/c19-11-15-17(13-7-3-1-4-8-13)16(12-20)22-23(18(15)21)14-9-5-2-6-10-14/h1-10,17H,21H2. The maximum absolute atomic E-state index is 9.59. The van der Waals surface area contributed by atoms with Crippen LogP contribution in [0.4, 0.5) is 5.69 Å². The fourth-order valence-electron chi connectivity index (χ4n) is 2.56. The highest BCUT2D eigenvalue weighted by Gasteiger charge is 2.32. The smallest absolute Gasteiger partial charge is 0.151 e. The first kappa shape index (κ1) is 14.4. The minimum absolute atomic E-state index is 0.241. The molecule has 5 nitrogen and oxygen atoms in total. The van der Waals surface area contributed by atoms with Crippen molar-refractivity contribution < 1.29 is 0 Å². The van der Waals surface area contributed by atoms with Crippen LogP contribution in [0, 0.1) is 22.7 Å². The van der Waals surface area contributed by atoms with Crippen LogP contribution in [0.5, 0.6) is 0 Å². The second-order valence-electron chi connectivity index (χ2n) is 5.00. The van der Waals surface area contributed by atoms with Crippen molar-refractivity contribution in [3.05, 3.63) is 77.6 Å². The fraction of sp³-hybridized carbons (Fsp3) is 0.0556. The summed E-state index contributed by atoms with van der Waals surface area (Å²) in [4.78, 5) is 0. The molecule has 23 heavy (non-hydrogen) atoms. The summed E-state index contributed by atoms with van der Waals surface area (Å²) in [5, 5.41) is 24.9. The molecule has 1 unspecified atom stereocenters. The first-order valence-electron chi connectivity index (χ1n) is 7.04. The topological polar surface area (TPSA) is 89.2 Å². The Morgan fingerprint density at radius 3 is 2.09 bits per heavy atom. The molecule has 0 saturated carbocycles. The maximum atomic E-state index is 9.59. The predicted octanol–water partition coefficient (Wildman–Crippen LogP) is 2.86. The van der Waals surface area contributed by atoms with Gasteiger partial charge in [0, 0.05) is 0 Å². The summed E-state index contributed by atoms with van der Waals surface area (Å²) < 4.78 is 0. The molecular weight excluding hydrogens is 286 g/mol. The van der Waals surface area contributed by atoms with Gasteiger partial charge >= 0.3 is 0 Å². The summed E-state index contributed by atoms with van der Waals surface area (Å²) in [5.41, 5.74) is 8.27. The van der Waals surface area contributed by atoms with Crippen molar-refractivity contribution in [1.29, 1.82) is 10.5 Å². The third kappa shape index (κ3) is 2.52. The van der Waals surface area contributed by atoms with E-state index in [2.05, 4.69) is 17.2 Å². The average Bonchev–Trinajstić information content (AvgIpc) is 2.62. The van der Waals surface area contributed by atoms with Crippen molar-refractivity contribution in [2.45, 2.75) is 5.92 Å². The predicted molar refractivity (Wildman–Crippen MR) is 88.0 cm³/mol. The molecule has 0 spiro atoms. The number of hydrogen-bond acceptors (Lipinski definition) is 5. The van der Waals surface area contributed by atoms with Crippen LogP contribution in [0.15, 0.2) is 77.2 Å². The molecule has 0 aromatic heterocycles. The summed E-state index contributed by atoms with van der Waals surface area (Å²) in [6, 6.07) is 22.8. The van der Waals surface area contributed by atoms with Gasteiger partial charge in [0.15, 0.2) is 5.71 Å². The molecule has 0 amide bonds. The molecule has 2 N–H and O–H groups in total. The number of para-hydroxylation sites is 1. The van der Waals surface area contributed by atoms with Gasteiger partial charge in [-0.1, -0.05) is 48.5 Å². The van der Waals surface area contributed by atoms with Crippen LogP contribution in [-0.2, 0) is 0 Å². The lowest BCUT2D eigenvalue weighted by Gasteiger charge is -2.29. The number of nitrogens with two attached hydrogens (primary N) is 1. The Morgan fingerprint density at radius 2 is 1.52 bits per heavy atom. The van der Waals surface area contributed by atoms with Crippen LogP contribution in [0.3, 0.4) is 0 Å². The zero-order chi connectivity index (χ0) is 16.2. The Bertz CT molecular complexity index is 854. The number of hydrogen-bond donors (Lipinski definition) is 1. The quantitative estimate of drug-likeness (QED) is 0.923. The molecule has 0 bridgehead atoms. The van der Waals surface area contributed by atoms with Gasteiger partial charge in [-0.05, 0) is 17.7 Å². The van der Waals surface area contributed by atoms with Crippen LogP contribution in [-0.4, -0.2) is 5.71 Å². The van der Waals surface area contributed by atoms with Gasteiger partial charge in [0.05, 0.1) is 23.2 Å². The van der Waals surface area contributed by atoms with E-state index in [0.29, 0.717) is 11.3 Å². The molecule has 0 saturated heterocycles. The highest BCUT2D eigenvalue weighted by molar-refractivity contribution is 6.07. The molecule has 1 aliphatic heterocycles. The van der Waals surface area contributed by atoms with Crippen molar-refractivity contribution in [2.75, 3.05) is 5.01 Å². The number of allylic oxidation sites excluding steroid dienone is 1. The van der Waals surface area contributed by atoms with E-state index in [1.807, 2.05) is 60.7 Å². The van der Waals surface area contributed by atoms with Gasteiger partial charge in [0.2, 0.25) is 0 Å². The fourth-order valence-corrected chi connectivity index (χ4v) is 2.56. The number of nitrogens with zero attached hydrogens (tertiary/aromatic N) is 4. The third-order valence-corrected chi connectivity index (χ3v) is 3.64. The zero-order valence-corrected chi connectivity index (χ0v) is 12.2. The molecule has 2 aromatic rings. The average molecular weight is 299 g/mol. The van der Waals surface area contributed by atoms with E-state index in [0.717, 1.165) is 5.56 Å². The van der Waals surface area contributed by atoms with Crippen LogP contribution >= 0.6 is 0 Å². The van der Waals surface area contributed by atoms with Crippen molar-refractivity contribution in [2.24, 2.45) is 10.8 Å². The lowest BCUT2D eigenvalue weighted by atomic mass is 9.86. The van der Waals surface area contributed by atoms with Crippen molar-refractivity contribution in [3.8, 4) is 12.1 Å². The first-order valence-corrected chi connectivity index (χ1v) is 7.04. The maximum Gasteiger partial charge on any atom is 0.151 e. The highest BCUT2D eigenvalue weighted by Crippen LogP contribution is 2.33. The summed E-state index contributed by atoms with van der Waals surface area (Å²) in [5.74, 6) is -0.294. The van der Waals surface area contributed by atoms with E-state index < -0.39 is 5.92 Å². The molecule has 1 atom stereocenters. The Labute approximate surface area is 134 Å². The van der Waals surface area contributed by atoms with Crippen LogP contribution in [0.25, 0.3) is 0 Å². The molecule has 5 heteroatoms. The Hall–Kier alpha value is -3.57. The molecule has 1 heterocycles. The number of anilines is 1. The summed E-state index contributed by atoms with van der Waals surface area (Å²) in [7, 11) is 0. The number of benzene rings is 2. The normalized spacial score (nSPS) is 17.2. The second-order valence-corrected chi connectivity index (χ2v) is 5.00. The molecule has 0 aliphatic carbocycles. The second kappa shape index (κ2) is 6.05. The highest BCUT2D eigenvalue weighted by atomic mass is 15.5. The van der Waals surface area contributed by atoms with Crippen LogP contribution < -0.4 is 10.7 Å². The molecule has 3 rings (SSSR count). The van der Waals surface area contributed by atoms with Gasteiger partial charge in [0.25, 0.3) is 0 Å². The Balaban J connectivity index is 2.15. The molecule has 1 aliphatic rings. The van der Waals surface area contributed by atoms with E-state index in [-0.39, 0.29) is 11.5 Å². The van der Waals surface area contributed by atoms with Crippen LogP contribution in [0.1, 0.15) is 11.5 Å². The van der Waals surface area contributed by atoms with Crippen molar-refractivity contribution in [1.82, 2.24) is 0 Å². The number of nitriles is 2. The van der Waals surface area contributed by atoms with E-state index >= 15 is 0 Å². The van der Waals surface area contributed by atoms with Gasteiger partial charge in [-0.3, -0.25) is 0 Å². The molecule has 110 valence electrons. The largest absolute Gasteiger partial charge is 0.383 e. The third-order valence-electron chi connectivity index (χ3n) is 3.64. The van der Waals surface area contributed by atoms with Gasteiger partial charge in [-0.2, -0.15) is 15.6 Å². The van der Waals surface area contributed by atoms with Gasteiger partial charge in [-0.25, -0.2) is 5.01 Å². The Morgan fingerprint density at radius 1 is 0.913 bits per heavy atom. The van der Waals surface area contributed by atoms with Gasteiger partial charge in [-0.15, -0.1) is 0 Å². The van der Waals surface area contributed by atoms with Crippen LogP contribution in [0.2, 0.25) is 0 Å². The summed E-state index contributed by atoms with van der Waals surface area (Å²) in [6.45, 7) is 0. The molecule has 2 aromatic carbocycles. The lowest BCUT2D eigenvalue weighted by molar-refractivity contribution is 0.881. The molecule has 0 fully saturated rings. The SMILES string of the molecule is N#CC1=NN(c2ccccc2)C(N)=C(C#N)C1c1ccccc1. The summed E-state index contributed by atoms with van der Waals surface area (Å²) >= 11 is 0. The number of hydrazone groups is 1.